The summed E-state index contributed by atoms with van der Waals surface area (Å²) in [5.41, 5.74) is 27.6. The average Bonchev–Trinajstić information content (AvgIpc) is 0.970. The van der Waals surface area contributed by atoms with Crippen LogP contribution in [0.15, 0.2) is 359 Å². The van der Waals surface area contributed by atoms with Gasteiger partial charge >= 0.3 is 0 Å². The van der Waals surface area contributed by atoms with Gasteiger partial charge in [-0.25, -0.2) is 4.98 Å². The largest absolute Gasteiger partial charge is 0.311 e. The molecule has 4 aliphatic rings. The fourth-order valence-corrected chi connectivity index (χ4v) is 18.0. The molecule has 95 heavy (non-hydrogen) atoms. The van der Waals surface area contributed by atoms with E-state index in [1.54, 1.807) is 0 Å². The highest BCUT2D eigenvalue weighted by atomic mass is 32.2. The molecule has 15 aromatic rings. The molecule has 0 atom stereocenters. The summed E-state index contributed by atoms with van der Waals surface area (Å²) in [6, 6.07) is 125. The van der Waals surface area contributed by atoms with E-state index >= 15 is 0 Å². The van der Waals surface area contributed by atoms with Crippen molar-refractivity contribution in [1.29, 1.82) is 0 Å². The van der Waals surface area contributed by atoms with Gasteiger partial charge in [0.1, 0.15) is 5.82 Å². The van der Waals surface area contributed by atoms with Gasteiger partial charge in [-0.15, -0.1) is 0 Å². The van der Waals surface area contributed by atoms with Gasteiger partial charge in [0.05, 0.1) is 11.0 Å². The summed E-state index contributed by atoms with van der Waals surface area (Å²) in [6.07, 6.45) is 0. The minimum absolute atomic E-state index is 0.142. The van der Waals surface area contributed by atoms with Crippen LogP contribution in [-0.2, 0) is 0 Å². The number of hydrogen-bond acceptors (Lipinski definition) is 7. The molecule has 10 heteroatoms. The highest BCUT2D eigenvalue weighted by molar-refractivity contribution is 8.01. The number of benzene rings is 14. The van der Waals surface area contributed by atoms with Gasteiger partial charge in [0.15, 0.2) is 0 Å². The zero-order chi connectivity index (χ0) is 62.5. The van der Waals surface area contributed by atoms with Crippen molar-refractivity contribution in [3.63, 3.8) is 0 Å². The lowest BCUT2D eigenvalue weighted by Crippen LogP contribution is -2.64. The van der Waals surface area contributed by atoms with Crippen LogP contribution in [0.1, 0.15) is 0 Å². The molecule has 0 saturated carbocycles. The van der Waals surface area contributed by atoms with Crippen molar-refractivity contribution in [2.24, 2.45) is 0 Å². The van der Waals surface area contributed by atoms with Crippen molar-refractivity contribution in [3.8, 4) is 28.2 Å². The molecular weight excluding hydrogens is 1190 g/mol. The van der Waals surface area contributed by atoms with Gasteiger partial charge in [-0.1, -0.05) is 241 Å². The first-order valence-corrected chi connectivity index (χ1v) is 34.0. The maximum Gasteiger partial charge on any atom is 0.249 e. The molecule has 444 valence electrons. The van der Waals surface area contributed by atoms with E-state index in [1.807, 2.05) is 23.5 Å². The molecule has 0 amide bonds. The van der Waals surface area contributed by atoms with Gasteiger partial charge in [-0.3, -0.25) is 4.57 Å². The smallest absolute Gasteiger partial charge is 0.249 e. The van der Waals surface area contributed by atoms with Crippen molar-refractivity contribution >= 4 is 149 Å². The fourth-order valence-electron chi connectivity index (χ4n) is 15.2. The molecule has 0 fully saturated rings. The molecule has 5 heterocycles. The molecule has 0 bridgehead atoms. The van der Waals surface area contributed by atoms with E-state index < -0.39 is 0 Å². The summed E-state index contributed by atoms with van der Waals surface area (Å²) in [5, 5.41) is 0. The Labute approximate surface area is 561 Å². The Hall–Kier alpha value is -11.4. The maximum absolute atomic E-state index is 5.68. The Morgan fingerprint density at radius 3 is 1.11 bits per heavy atom. The maximum atomic E-state index is 5.68. The number of rotatable bonds is 11. The normalized spacial score (nSPS) is 12.9. The van der Waals surface area contributed by atoms with Crippen molar-refractivity contribution in [2.45, 2.75) is 19.6 Å². The predicted molar refractivity (Wildman–Crippen MR) is 401 cm³/mol. The molecule has 1 aromatic heterocycles. The van der Waals surface area contributed by atoms with Gasteiger partial charge < -0.3 is 19.6 Å². The van der Waals surface area contributed by atoms with Crippen molar-refractivity contribution in [2.75, 3.05) is 19.6 Å². The van der Waals surface area contributed by atoms with Crippen LogP contribution in [0.2, 0.25) is 0 Å². The highest BCUT2D eigenvalue weighted by Crippen LogP contribution is 2.53. The quantitative estimate of drug-likeness (QED) is 0.119. The van der Waals surface area contributed by atoms with Crippen LogP contribution in [0.3, 0.4) is 0 Å². The molecule has 0 saturated heterocycles. The molecule has 0 spiro atoms. The zero-order valence-corrected chi connectivity index (χ0v) is 53.1. The van der Waals surface area contributed by atoms with E-state index in [0.29, 0.717) is 0 Å². The number of para-hydroxylation sites is 9. The summed E-state index contributed by atoms with van der Waals surface area (Å²) in [5.74, 6) is 0.902. The summed E-state index contributed by atoms with van der Waals surface area (Å²) in [6.45, 7) is -0.285. The molecule has 0 N–H and O–H groups in total. The van der Waals surface area contributed by atoms with Crippen molar-refractivity contribution < 1.29 is 0 Å². The first-order valence-electron chi connectivity index (χ1n) is 32.4. The summed E-state index contributed by atoms with van der Waals surface area (Å²) < 4.78 is 2.33. The van der Waals surface area contributed by atoms with Gasteiger partial charge in [0.2, 0.25) is 13.4 Å². The van der Waals surface area contributed by atoms with Gasteiger partial charge in [0.25, 0.3) is 0 Å². The van der Waals surface area contributed by atoms with E-state index in [1.165, 1.54) is 80.7 Å². The Balaban J connectivity index is 0.924. The second kappa shape index (κ2) is 22.7. The van der Waals surface area contributed by atoms with Crippen LogP contribution in [0.4, 0.5) is 68.2 Å². The molecule has 14 aromatic carbocycles. The number of hydrogen-bond donors (Lipinski definition) is 0. The summed E-state index contributed by atoms with van der Waals surface area (Å²) in [4.78, 5) is 20.5. The molecule has 19 rings (SSSR count). The molecule has 0 aliphatic carbocycles. The van der Waals surface area contributed by atoms with Crippen molar-refractivity contribution in [3.05, 3.63) is 340 Å². The molecule has 6 nitrogen and oxygen atoms in total. The predicted octanol–water partition coefficient (Wildman–Crippen LogP) is 18.8. The number of nitrogens with zero attached hydrogens (tertiary/aromatic N) is 6. The third-order valence-corrected chi connectivity index (χ3v) is 21.6. The van der Waals surface area contributed by atoms with Gasteiger partial charge in [-0.05, 0) is 161 Å². The third kappa shape index (κ3) is 9.04. The molecule has 4 aliphatic heterocycles. The van der Waals surface area contributed by atoms with Crippen LogP contribution in [0.5, 0.6) is 0 Å². The van der Waals surface area contributed by atoms with E-state index in [-0.39, 0.29) is 13.4 Å². The Kier molecular flexibility index (Phi) is 13.2. The van der Waals surface area contributed by atoms with Crippen LogP contribution in [0.25, 0.3) is 39.2 Å². The zero-order valence-electron chi connectivity index (χ0n) is 51.5. The van der Waals surface area contributed by atoms with E-state index in [0.717, 1.165) is 79.2 Å². The van der Waals surface area contributed by atoms with Crippen LogP contribution < -0.4 is 52.4 Å². The molecule has 0 radical (unpaired) electrons. The van der Waals surface area contributed by atoms with Crippen LogP contribution in [0, 0.1) is 0 Å². The molecular formula is C85H56B2N6S2. The standard InChI is InChI=1S/C85H56B2N6S2/c1-9-29-57(30-10-1)85-88-72-51-58(49-50-75(72)93(85)65-43-23-8-24-44-65)80-83-70(86-68-45-25-27-47-73(68)91(63-39-19-6-20-40-63)76-52-66(54-78(94-83)81(76)86)89(59-31-11-2-12-32-59)60-33-13-3-14-34-60)56-71-84(80)95-79-55-67(90(61-35-15-4-16-36-61)62-37-17-5-18-38-62)53-77-82(79)87(71)69-46-26-28-48-74(69)92(77)64-41-21-7-22-42-64/h1-56H. The Morgan fingerprint density at radius 2 is 0.674 bits per heavy atom. The number of aromatic nitrogens is 2. The van der Waals surface area contributed by atoms with Gasteiger partial charge in [-0.2, -0.15) is 0 Å². The Morgan fingerprint density at radius 1 is 0.295 bits per heavy atom. The summed E-state index contributed by atoms with van der Waals surface area (Å²) >= 11 is 3.86. The highest BCUT2D eigenvalue weighted by Gasteiger charge is 2.48. The van der Waals surface area contributed by atoms with Crippen LogP contribution >= 0.6 is 23.5 Å². The minimum Gasteiger partial charge on any atom is -0.311 e. The average molecular weight is 1250 g/mol. The summed E-state index contributed by atoms with van der Waals surface area (Å²) in [7, 11) is 0. The fraction of sp³-hybridized carbons (Fsp3) is 0. The lowest BCUT2D eigenvalue weighted by molar-refractivity contribution is 1.10. The first kappa shape index (κ1) is 55.2. The van der Waals surface area contributed by atoms with E-state index in [2.05, 4.69) is 364 Å². The number of fused-ring (bicyclic) bond motifs is 9. The lowest BCUT2D eigenvalue weighted by Gasteiger charge is -2.44. The Bertz CT molecular complexity index is 5120. The monoisotopic (exact) mass is 1250 g/mol. The van der Waals surface area contributed by atoms with Crippen LogP contribution in [-0.4, -0.2) is 23.0 Å². The first-order chi connectivity index (χ1) is 47.2. The number of anilines is 12. The lowest BCUT2D eigenvalue weighted by atomic mass is 9.31. The topological polar surface area (TPSA) is 30.8 Å². The SMILES string of the molecule is c1ccc(-c2nc3cc(-c4c5c(cc6c4Sc4cc(N(c7ccccc7)c7ccccc7)cc7c4B6c4ccccc4N7c4ccccc4)B4c6ccccc6N(c6ccccc6)c6cc(N(c7ccccc7)c7ccccc7)cc(c64)S5)ccc3n2-c2ccccc2)cc1. The second-order valence-corrected chi connectivity index (χ2v) is 26.7. The van der Waals surface area contributed by atoms with E-state index in [4.69, 9.17) is 4.98 Å². The van der Waals surface area contributed by atoms with Gasteiger partial charge in [0, 0.05) is 105 Å². The second-order valence-electron chi connectivity index (χ2n) is 24.6. The van der Waals surface area contributed by atoms with E-state index in [9.17, 15) is 0 Å². The minimum atomic E-state index is -0.142. The molecule has 0 unspecified atom stereocenters. The number of imidazole rings is 1. The third-order valence-electron chi connectivity index (χ3n) is 19.2. The van der Waals surface area contributed by atoms with Crippen molar-refractivity contribution in [1.82, 2.24) is 9.55 Å².